The van der Waals surface area contributed by atoms with Crippen LogP contribution in [0.1, 0.15) is 47.9 Å². The van der Waals surface area contributed by atoms with Gasteiger partial charge in [0.1, 0.15) is 11.5 Å². The quantitative estimate of drug-likeness (QED) is 0.0806. The van der Waals surface area contributed by atoms with E-state index in [4.69, 9.17) is 55.9 Å². The van der Waals surface area contributed by atoms with Crippen molar-refractivity contribution in [1.82, 2.24) is 14.0 Å². The molecule has 2 aliphatic heterocycles. The maximum absolute atomic E-state index is 12.1. The molecule has 0 aliphatic carbocycles. The molecular formula is C43H39Cl4N3O8S4. The summed E-state index contributed by atoms with van der Waals surface area (Å²) in [4.78, 5) is 3.49. The molecule has 0 unspecified atom stereocenters. The SMILES string of the molecule is CN(CCC/C=C/c1cn(-c2ccc(Cl)cc2Cl)c2c1CCOc1cc(S(=O)(=O)O)sc1-2)CCC/C=C/c1cn(-c2ccc(Cl)cc2Cl)c2c1CCOc1cc(S(=O)(=O)O)sc1-2. The van der Waals surface area contributed by atoms with Crippen LogP contribution in [0.3, 0.4) is 0 Å². The number of halogens is 4. The molecule has 8 rings (SSSR count). The van der Waals surface area contributed by atoms with E-state index in [1.54, 1.807) is 24.3 Å². The molecule has 0 amide bonds. The average molecular weight is 996 g/mol. The molecule has 62 heavy (non-hydrogen) atoms. The first kappa shape index (κ1) is 45.0. The van der Waals surface area contributed by atoms with Crippen molar-refractivity contribution < 1.29 is 35.4 Å². The Balaban J connectivity index is 0.923. The Morgan fingerprint density at radius 1 is 0.677 bits per heavy atom. The van der Waals surface area contributed by atoms with E-state index in [9.17, 15) is 25.9 Å². The number of hydrogen-bond acceptors (Lipinski definition) is 9. The van der Waals surface area contributed by atoms with Crippen LogP contribution in [-0.4, -0.2) is 73.3 Å². The number of rotatable bonds is 14. The molecule has 11 nitrogen and oxygen atoms in total. The monoisotopic (exact) mass is 993 g/mol. The van der Waals surface area contributed by atoms with Crippen molar-refractivity contribution in [3.05, 3.63) is 115 Å². The highest BCUT2D eigenvalue weighted by Gasteiger charge is 2.30. The van der Waals surface area contributed by atoms with Gasteiger partial charge in [-0.25, -0.2) is 0 Å². The van der Waals surface area contributed by atoms with Crippen LogP contribution in [0.25, 0.3) is 44.7 Å². The van der Waals surface area contributed by atoms with Crippen LogP contribution in [0, 0.1) is 0 Å². The minimum absolute atomic E-state index is 0.193. The van der Waals surface area contributed by atoms with Crippen molar-refractivity contribution >= 4 is 101 Å². The van der Waals surface area contributed by atoms with Crippen molar-refractivity contribution in [3.8, 4) is 44.0 Å². The molecule has 2 aromatic carbocycles. The van der Waals surface area contributed by atoms with Gasteiger partial charge in [-0.3, -0.25) is 9.11 Å². The summed E-state index contributed by atoms with van der Waals surface area (Å²) in [6, 6.07) is 13.2. The summed E-state index contributed by atoms with van der Waals surface area (Å²) in [5.74, 6) is 0.777. The fourth-order valence-corrected chi connectivity index (χ4v) is 12.3. The number of thiophene rings is 2. The van der Waals surface area contributed by atoms with Crippen LogP contribution in [0.4, 0.5) is 0 Å². The van der Waals surface area contributed by atoms with E-state index in [0.717, 1.165) is 95.1 Å². The lowest BCUT2D eigenvalue weighted by molar-refractivity contribution is 0.326. The van der Waals surface area contributed by atoms with E-state index in [1.807, 2.05) is 33.7 Å². The summed E-state index contributed by atoms with van der Waals surface area (Å²) in [6.07, 6.45) is 17.1. The minimum atomic E-state index is -4.44. The minimum Gasteiger partial charge on any atom is -0.492 e. The van der Waals surface area contributed by atoms with Gasteiger partial charge < -0.3 is 23.5 Å². The molecule has 4 aromatic heterocycles. The first-order valence-corrected chi connectivity index (χ1v) is 25.5. The lowest BCUT2D eigenvalue weighted by atomic mass is 10.1. The second-order valence-electron chi connectivity index (χ2n) is 14.8. The van der Waals surface area contributed by atoms with Gasteiger partial charge in [-0.15, -0.1) is 22.7 Å². The summed E-state index contributed by atoms with van der Waals surface area (Å²) >= 11 is 27.7. The maximum atomic E-state index is 12.1. The molecule has 0 saturated carbocycles. The zero-order chi connectivity index (χ0) is 43.9. The van der Waals surface area contributed by atoms with E-state index in [1.165, 1.54) is 12.1 Å². The van der Waals surface area contributed by atoms with E-state index in [2.05, 4.69) is 36.3 Å². The molecule has 2 N–H and O–H groups in total. The molecule has 0 spiro atoms. The molecule has 0 saturated heterocycles. The highest BCUT2D eigenvalue weighted by Crippen LogP contribution is 2.48. The van der Waals surface area contributed by atoms with Gasteiger partial charge in [0, 0.05) is 47.4 Å². The predicted molar refractivity (Wildman–Crippen MR) is 250 cm³/mol. The van der Waals surface area contributed by atoms with E-state index in [0.29, 0.717) is 78.8 Å². The summed E-state index contributed by atoms with van der Waals surface area (Å²) in [5, 5.41) is 1.85. The van der Waals surface area contributed by atoms with Crippen LogP contribution in [0.2, 0.25) is 20.1 Å². The van der Waals surface area contributed by atoms with Crippen molar-refractivity contribution in [2.75, 3.05) is 33.4 Å². The Bertz CT molecular complexity index is 2770. The predicted octanol–water partition coefficient (Wildman–Crippen LogP) is 11.9. The Morgan fingerprint density at radius 3 is 1.48 bits per heavy atom. The number of hydrogen-bond donors (Lipinski definition) is 2. The molecule has 6 heterocycles. The van der Waals surface area contributed by atoms with Gasteiger partial charge in [-0.2, -0.15) is 16.8 Å². The third-order valence-electron chi connectivity index (χ3n) is 10.6. The fourth-order valence-electron chi connectivity index (χ4n) is 7.69. The number of ether oxygens (including phenoxy) is 2. The van der Waals surface area contributed by atoms with Gasteiger partial charge in [0.05, 0.1) is 55.8 Å². The Labute approximate surface area is 387 Å². The highest BCUT2D eigenvalue weighted by atomic mass is 35.5. The van der Waals surface area contributed by atoms with Crippen LogP contribution < -0.4 is 9.47 Å². The number of benzene rings is 2. The van der Waals surface area contributed by atoms with Gasteiger partial charge in [0.25, 0.3) is 0 Å². The summed E-state index contributed by atoms with van der Waals surface area (Å²) in [7, 11) is -6.76. The first-order chi connectivity index (χ1) is 29.6. The molecule has 6 aromatic rings. The topological polar surface area (TPSA) is 140 Å². The average Bonchev–Trinajstić information content (AvgIpc) is 3.94. The number of unbranched alkanes of at least 4 members (excludes halogenated alkanes) is 2. The highest BCUT2D eigenvalue weighted by molar-refractivity contribution is 7.88. The van der Waals surface area contributed by atoms with Crippen LogP contribution in [-0.2, 0) is 33.1 Å². The molecule has 2 aliphatic rings. The Kier molecular flexibility index (Phi) is 13.4. The normalized spacial score (nSPS) is 14.1. The molecule has 0 atom stereocenters. The molecule has 0 bridgehead atoms. The van der Waals surface area contributed by atoms with Gasteiger partial charge >= 0.3 is 20.2 Å². The van der Waals surface area contributed by atoms with E-state index < -0.39 is 20.2 Å². The number of fused-ring (bicyclic) bond motifs is 6. The Morgan fingerprint density at radius 2 is 1.10 bits per heavy atom. The third-order valence-corrected chi connectivity index (χ3v) is 16.5. The number of aromatic nitrogens is 2. The van der Waals surface area contributed by atoms with Crippen LogP contribution in [0.5, 0.6) is 11.5 Å². The maximum Gasteiger partial charge on any atom is 0.304 e. The molecular weight excluding hydrogens is 957 g/mol. The summed E-state index contributed by atoms with van der Waals surface area (Å²) in [5.41, 5.74) is 6.76. The van der Waals surface area contributed by atoms with Crippen LogP contribution in [0.15, 0.2) is 81.5 Å². The molecule has 326 valence electrons. The lowest BCUT2D eigenvalue weighted by Gasteiger charge is -2.15. The van der Waals surface area contributed by atoms with Crippen molar-refractivity contribution in [1.29, 1.82) is 0 Å². The van der Waals surface area contributed by atoms with E-state index >= 15 is 0 Å². The second kappa shape index (κ2) is 18.5. The van der Waals surface area contributed by atoms with Gasteiger partial charge in [-0.05, 0) is 104 Å². The van der Waals surface area contributed by atoms with Crippen molar-refractivity contribution in [3.63, 3.8) is 0 Å². The Hall–Kier alpha value is -3.58. The molecule has 0 radical (unpaired) electrons. The number of nitrogens with zero attached hydrogens (tertiary/aromatic N) is 3. The van der Waals surface area contributed by atoms with Crippen LogP contribution >= 0.6 is 69.1 Å². The van der Waals surface area contributed by atoms with Gasteiger partial charge in [0.2, 0.25) is 0 Å². The number of allylic oxidation sites excluding steroid dienone is 2. The zero-order valence-electron chi connectivity index (χ0n) is 33.0. The van der Waals surface area contributed by atoms with Crippen molar-refractivity contribution in [2.45, 2.75) is 46.9 Å². The van der Waals surface area contributed by atoms with Gasteiger partial charge in [-0.1, -0.05) is 70.7 Å². The summed E-state index contributed by atoms with van der Waals surface area (Å²) in [6.45, 7) is 2.45. The first-order valence-electron chi connectivity index (χ1n) is 19.5. The van der Waals surface area contributed by atoms with Crippen molar-refractivity contribution in [2.24, 2.45) is 0 Å². The smallest absolute Gasteiger partial charge is 0.304 e. The summed E-state index contributed by atoms with van der Waals surface area (Å²) < 4.78 is 83.4. The second-order valence-corrected chi connectivity index (χ2v) is 21.9. The van der Waals surface area contributed by atoms with Gasteiger partial charge in [0.15, 0.2) is 8.42 Å². The standard InChI is InChI=1S/C43H39Cl4N3O8S4/c1-48(16-6-2-4-8-26-24-49(34-12-10-28(44)20-32(34)46)40-30(26)14-18-57-36-22-38(59-42(36)40)61(51,52)53)17-7-3-5-9-27-25-50(35-13-11-29(45)21-33(35)47)41-31(27)15-19-58-37-23-39(60-43(37)41)62(54,55)56/h4-5,8-13,20-25H,2-3,6-7,14-19H2,1H3,(H,51,52,53)(H,54,55,56)/b8-4+,9-5+. The third kappa shape index (κ3) is 9.59. The molecule has 19 heteroatoms. The zero-order valence-corrected chi connectivity index (χ0v) is 39.3. The largest absolute Gasteiger partial charge is 0.492 e. The fraction of sp³-hybridized carbons (Fsp3) is 0.256. The lowest BCUT2D eigenvalue weighted by Crippen LogP contribution is -2.20. The molecule has 0 fully saturated rings. The van der Waals surface area contributed by atoms with E-state index in [-0.39, 0.29) is 8.42 Å².